The van der Waals surface area contributed by atoms with E-state index in [2.05, 4.69) is 11.9 Å². The molecular weight excluding hydrogens is 319 g/mol. The summed E-state index contributed by atoms with van der Waals surface area (Å²) in [7, 11) is 2.11. The Balaban J connectivity index is 1.77. The Kier molecular flexibility index (Phi) is 6.82. The van der Waals surface area contributed by atoms with Crippen LogP contribution in [0.3, 0.4) is 0 Å². The van der Waals surface area contributed by atoms with Crippen LogP contribution >= 0.6 is 0 Å². The third-order valence-electron chi connectivity index (χ3n) is 4.44. The summed E-state index contributed by atoms with van der Waals surface area (Å²) in [5.74, 6) is 0.279. The predicted octanol–water partition coefficient (Wildman–Crippen LogP) is 3.95. The SMILES string of the molecule is CN(CCc1ccc(F)cc1)CC1CCCN(C(=O)OC(C)(C)C)C1. The van der Waals surface area contributed by atoms with E-state index in [1.54, 1.807) is 0 Å². The molecule has 1 fully saturated rings. The minimum absolute atomic E-state index is 0.193. The minimum atomic E-state index is -0.448. The molecule has 0 radical (unpaired) electrons. The molecule has 0 aromatic heterocycles. The number of ether oxygens (including phenoxy) is 1. The highest BCUT2D eigenvalue weighted by atomic mass is 19.1. The van der Waals surface area contributed by atoms with Crippen LogP contribution in [0.4, 0.5) is 9.18 Å². The Bertz CT molecular complexity index is 554. The van der Waals surface area contributed by atoms with Crippen LogP contribution in [0, 0.1) is 11.7 Å². The molecule has 0 bridgehead atoms. The molecule has 0 saturated carbocycles. The van der Waals surface area contributed by atoms with Gasteiger partial charge in [-0.2, -0.15) is 0 Å². The van der Waals surface area contributed by atoms with Crippen LogP contribution in [-0.4, -0.2) is 54.7 Å². The Morgan fingerprint density at radius 2 is 2.00 bits per heavy atom. The van der Waals surface area contributed by atoms with Gasteiger partial charge in [-0.25, -0.2) is 9.18 Å². The van der Waals surface area contributed by atoms with Crippen molar-refractivity contribution in [3.63, 3.8) is 0 Å². The number of rotatable bonds is 5. The number of piperidine rings is 1. The van der Waals surface area contributed by atoms with Crippen LogP contribution in [0.15, 0.2) is 24.3 Å². The van der Waals surface area contributed by atoms with Crippen LogP contribution in [0.1, 0.15) is 39.2 Å². The largest absolute Gasteiger partial charge is 0.444 e. The number of benzene rings is 1. The van der Waals surface area contributed by atoms with Crippen molar-refractivity contribution in [3.8, 4) is 0 Å². The first kappa shape index (κ1) is 19.7. The number of hydrogen-bond acceptors (Lipinski definition) is 3. The standard InChI is InChI=1S/C20H31FN2O2/c1-20(2,3)25-19(24)23-12-5-6-17(15-23)14-22(4)13-11-16-7-9-18(21)10-8-16/h7-10,17H,5-6,11-15H2,1-4H3. The molecule has 0 spiro atoms. The average Bonchev–Trinajstić information content (AvgIpc) is 2.53. The highest BCUT2D eigenvalue weighted by molar-refractivity contribution is 5.68. The zero-order chi connectivity index (χ0) is 18.4. The Morgan fingerprint density at radius 3 is 2.64 bits per heavy atom. The van der Waals surface area contributed by atoms with Gasteiger partial charge < -0.3 is 14.5 Å². The van der Waals surface area contributed by atoms with Gasteiger partial charge in [-0.1, -0.05) is 12.1 Å². The van der Waals surface area contributed by atoms with Crippen molar-refractivity contribution >= 4 is 6.09 Å². The zero-order valence-electron chi connectivity index (χ0n) is 15.9. The zero-order valence-corrected chi connectivity index (χ0v) is 15.9. The fourth-order valence-electron chi connectivity index (χ4n) is 3.21. The van der Waals surface area contributed by atoms with Crippen LogP contribution in [0.2, 0.25) is 0 Å². The maximum absolute atomic E-state index is 12.9. The lowest BCUT2D eigenvalue weighted by Gasteiger charge is -2.35. The summed E-state index contributed by atoms with van der Waals surface area (Å²) in [6.45, 7) is 9.12. The first-order valence-electron chi connectivity index (χ1n) is 9.14. The van der Waals surface area contributed by atoms with Gasteiger partial charge in [-0.15, -0.1) is 0 Å². The number of carbonyl (C=O) groups excluding carboxylic acids is 1. The van der Waals surface area contributed by atoms with Crippen LogP contribution in [-0.2, 0) is 11.2 Å². The number of nitrogens with zero attached hydrogens (tertiary/aromatic N) is 2. The van der Waals surface area contributed by atoms with Crippen molar-refractivity contribution in [1.29, 1.82) is 0 Å². The van der Waals surface area contributed by atoms with Crippen LogP contribution in [0.5, 0.6) is 0 Å². The molecule has 1 saturated heterocycles. The van der Waals surface area contributed by atoms with Gasteiger partial charge in [0.2, 0.25) is 0 Å². The second-order valence-electron chi connectivity index (χ2n) is 8.07. The van der Waals surface area contributed by atoms with Gasteiger partial charge in [0.15, 0.2) is 0 Å². The summed E-state index contributed by atoms with van der Waals surface area (Å²) in [6, 6.07) is 6.70. The lowest BCUT2D eigenvalue weighted by molar-refractivity contribution is 0.0149. The average molecular weight is 350 g/mol. The monoisotopic (exact) mass is 350 g/mol. The molecular formula is C20H31FN2O2. The van der Waals surface area contributed by atoms with E-state index >= 15 is 0 Å². The lowest BCUT2D eigenvalue weighted by atomic mass is 9.97. The predicted molar refractivity (Wildman–Crippen MR) is 98.1 cm³/mol. The van der Waals surface area contributed by atoms with Crippen molar-refractivity contribution in [2.75, 3.05) is 33.2 Å². The molecule has 5 heteroatoms. The normalized spacial score (nSPS) is 18.5. The molecule has 1 aliphatic rings. The second kappa shape index (κ2) is 8.65. The maximum Gasteiger partial charge on any atom is 0.410 e. The quantitative estimate of drug-likeness (QED) is 0.806. The summed E-state index contributed by atoms with van der Waals surface area (Å²) >= 11 is 0. The molecule has 2 rings (SSSR count). The topological polar surface area (TPSA) is 32.8 Å². The molecule has 1 unspecified atom stereocenters. The first-order chi connectivity index (χ1) is 11.7. The maximum atomic E-state index is 12.9. The van der Waals surface area contributed by atoms with Gasteiger partial charge in [0, 0.05) is 26.2 Å². The molecule has 1 aromatic carbocycles. The Hall–Kier alpha value is -1.62. The van der Waals surface area contributed by atoms with E-state index in [0.717, 1.165) is 51.0 Å². The van der Waals surface area contributed by atoms with Gasteiger partial charge >= 0.3 is 6.09 Å². The summed E-state index contributed by atoms with van der Waals surface area (Å²) < 4.78 is 18.4. The number of likely N-dealkylation sites (N-methyl/N-ethyl adjacent to an activating group) is 1. The second-order valence-corrected chi connectivity index (χ2v) is 8.07. The molecule has 25 heavy (non-hydrogen) atoms. The fourth-order valence-corrected chi connectivity index (χ4v) is 3.21. The highest BCUT2D eigenvalue weighted by Gasteiger charge is 2.28. The van der Waals surface area contributed by atoms with Crippen molar-refractivity contribution in [3.05, 3.63) is 35.6 Å². The number of amides is 1. The molecule has 140 valence electrons. The van der Waals surface area contributed by atoms with E-state index in [1.165, 1.54) is 12.1 Å². The number of likely N-dealkylation sites (tertiary alicyclic amines) is 1. The van der Waals surface area contributed by atoms with E-state index in [9.17, 15) is 9.18 Å². The summed E-state index contributed by atoms with van der Waals surface area (Å²) in [5.41, 5.74) is 0.697. The van der Waals surface area contributed by atoms with Crippen LogP contribution < -0.4 is 0 Å². The molecule has 0 N–H and O–H groups in total. The Labute approximate surface area is 150 Å². The molecule has 1 aromatic rings. The smallest absolute Gasteiger partial charge is 0.410 e. The van der Waals surface area contributed by atoms with Crippen molar-refractivity contribution in [2.24, 2.45) is 5.92 Å². The lowest BCUT2D eigenvalue weighted by Crippen LogP contribution is -2.45. The number of hydrogen-bond donors (Lipinski definition) is 0. The molecule has 1 amide bonds. The van der Waals surface area contributed by atoms with Gasteiger partial charge in [0.1, 0.15) is 11.4 Å². The van der Waals surface area contributed by atoms with Crippen molar-refractivity contribution < 1.29 is 13.9 Å². The third kappa shape index (κ3) is 7.02. The van der Waals surface area contributed by atoms with Crippen LogP contribution in [0.25, 0.3) is 0 Å². The molecule has 1 aliphatic heterocycles. The van der Waals surface area contributed by atoms with E-state index in [0.29, 0.717) is 5.92 Å². The molecule has 4 nitrogen and oxygen atoms in total. The first-order valence-corrected chi connectivity index (χ1v) is 9.14. The number of halogens is 1. The third-order valence-corrected chi connectivity index (χ3v) is 4.44. The van der Waals surface area contributed by atoms with Gasteiger partial charge in [0.25, 0.3) is 0 Å². The fraction of sp³-hybridized carbons (Fsp3) is 0.650. The van der Waals surface area contributed by atoms with E-state index in [4.69, 9.17) is 4.74 Å². The van der Waals surface area contributed by atoms with Gasteiger partial charge in [-0.05, 0) is 70.7 Å². The van der Waals surface area contributed by atoms with E-state index in [-0.39, 0.29) is 11.9 Å². The van der Waals surface area contributed by atoms with Gasteiger partial charge in [-0.3, -0.25) is 0 Å². The molecule has 0 aliphatic carbocycles. The molecule has 1 atom stereocenters. The summed E-state index contributed by atoms with van der Waals surface area (Å²) in [6.07, 6.45) is 2.86. The van der Waals surface area contributed by atoms with Gasteiger partial charge in [0.05, 0.1) is 0 Å². The van der Waals surface area contributed by atoms with E-state index in [1.807, 2.05) is 37.8 Å². The van der Waals surface area contributed by atoms with Crippen molar-refractivity contribution in [1.82, 2.24) is 9.80 Å². The number of carbonyl (C=O) groups is 1. The minimum Gasteiger partial charge on any atom is -0.444 e. The van der Waals surface area contributed by atoms with Crippen molar-refractivity contribution in [2.45, 2.75) is 45.6 Å². The summed E-state index contributed by atoms with van der Waals surface area (Å²) in [4.78, 5) is 16.4. The highest BCUT2D eigenvalue weighted by Crippen LogP contribution is 2.20. The Morgan fingerprint density at radius 1 is 1.32 bits per heavy atom. The van der Waals surface area contributed by atoms with E-state index < -0.39 is 5.60 Å². The summed E-state index contributed by atoms with van der Waals surface area (Å²) in [5, 5.41) is 0. The molecule has 1 heterocycles.